The Morgan fingerprint density at radius 3 is 2.13 bits per heavy atom. The minimum absolute atomic E-state index is 0.0646. The second-order valence-electron chi connectivity index (χ2n) is 12.9. The van der Waals surface area contributed by atoms with E-state index in [-0.39, 0.29) is 77.0 Å². The lowest BCUT2D eigenvalue weighted by molar-refractivity contribution is -0.384. The van der Waals surface area contributed by atoms with Gasteiger partial charge in [0, 0.05) is 49.7 Å². The summed E-state index contributed by atoms with van der Waals surface area (Å²) in [5.74, 6) is -3.02. The van der Waals surface area contributed by atoms with Crippen LogP contribution in [0.3, 0.4) is 0 Å². The number of nitrogens with two attached hydrogens (primary N) is 1. The molecule has 17 nitrogen and oxygen atoms in total. The van der Waals surface area contributed by atoms with Crippen LogP contribution in [0.1, 0.15) is 64.4 Å². The van der Waals surface area contributed by atoms with Gasteiger partial charge in [-0.1, -0.05) is 32.4 Å². The number of hydrogen-bond acceptors (Lipinski definition) is 11. The fraction of sp³-hybridized carbons (Fsp3) is 0.417. The Bertz CT molecular complexity index is 1760. The van der Waals surface area contributed by atoms with Gasteiger partial charge >= 0.3 is 12.2 Å². The zero-order chi connectivity index (χ0) is 40.7. The number of halogens is 2. The Labute approximate surface area is 333 Å². The number of anilines is 1. The van der Waals surface area contributed by atoms with E-state index in [2.05, 4.69) is 47.8 Å². The van der Waals surface area contributed by atoms with Crippen molar-refractivity contribution in [2.45, 2.75) is 71.4 Å². The molecule has 6 amide bonds. The molecule has 0 bridgehead atoms. The van der Waals surface area contributed by atoms with Crippen molar-refractivity contribution in [1.82, 2.24) is 15.5 Å². The summed E-state index contributed by atoms with van der Waals surface area (Å²) in [6, 6.07) is 9.69. The molecule has 0 aromatic heterocycles. The van der Waals surface area contributed by atoms with Gasteiger partial charge in [-0.15, -0.1) is 0 Å². The number of carbonyl (C=O) groups is 7. The molecule has 3 rings (SSSR count). The fourth-order valence-corrected chi connectivity index (χ4v) is 6.17. The molecule has 5 N–H and O–H groups in total. The van der Waals surface area contributed by atoms with Crippen molar-refractivity contribution >= 4 is 84.8 Å². The van der Waals surface area contributed by atoms with Crippen LogP contribution in [0.4, 0.5) is 21.0 Å². The first-order chi connectivity index (χ1) is 26.1. The standard InChI is InChI=1S/C36H42Br2N6O11/c1-21(2)31(42-28(46)8-4-3-5-18-43-33(48)29(37)30(38)34(43)49)27(45)19-23(7-6-17-40-35(39)50)32(47)41-24-11-9-22(10-12-24)20-54-36(51)55-26-15-13-25(14-16-26)44(52)53/h9-16,21,23,31H,3-8,17-20H2,1-2H3,(H,41,47)(H,42,46)(H3,39,40,50)/t23-,31+/m1/s1. The van der Waals surface area contributed by atoms with Crippen LogP contribution in [0.25, 0.3) is 0 Å². The van der Waals surface area contributed by atoms with E-state index in [9.17, 15) is 43.7 Å². The molecule has 0 unspecified atom stereocenters. The first-order valence-electron chi connectivity index (χ1n) is 17.3. The third-order valence-electron chi connectivity index (χ3n) is 8.35. The predicted molar refractivity (Wildman–Crippen MR) is 206 cm³/mol. The van der Waals surface area contributed by atoms with Crippen LogP contribution in [-0.4, -0.2) is 70.6 Å². The lowest BCUT2D eigenvalue weighted by Gasteiger charge is -2.24. The number of ketones is 1. The number of amides is 6. The second-order valence-corrected chi connectivity index (χ2v) is 14.5. The molecular formula is C36H42Br2N6O11. The highest BCUT2D eigenvalue weighted by Gasteiger charge is 2.35. The molecular weight excluding hydrogens is 852 g/mol. The van der Waals surface area contributed by atoms with Gasteiger partial charge in [0.15, 0.2) is 5.78 Å². The number of hydrogen-bond donors (Lipinski definition) is 4. The largest absolute Gasteiger partial charge is 0.514 e. The van der Waals surface area contributed by atoms with Crippen molar-refractivity contribution in [3.05, 3.63) is 73.2 Å². The van der Waals surface area contributed by atoms with E-state index in [1.54, 1.807) is 38.1 Å². The smallest absolute Gasteiger partial charge is 0.429 e. The van der Waals surface area contributed by atoms with Crippen LogP contribution in [-0.2, 0) is 35.3 Å². The molecule has 19 heteroatoms. The maximum absolute atomic E-state index is 13.6. The number of carbonyl (C=O) groups excluding carboxylic acids is 7. The molecule has 0 fully saturated rings. The highest BCUT2D eigenvalue weighted by molar-refractivity contribution is 9.14. The summed E-state index contributed by atoms with van der Waals surface area (Å²) in [6.07, 6.45) is 1.00. The van der Waals surface area contributed by atoms with Gasteiger partial charge in [0.1, 0.15) is 21.3 Å². The van der Waals surface area contributed by atoms with Gasteiger partial charge < -0.3 is 31.2 Å². The van der Waals surface area contributed by atoms with E-state index in [1.807, 2.05) is 0 Å². The lowest BCUT2D eigenvalue weighted by atomic mass is 9.89. The molecule has 0 aliphatic carbocycles. The van der Waals surface area contributed by atoms with Gasteiger partial charge in [-0.25, -0.2) is 9.59 Å². The first-order valence-corrected chi connectivity index (χ1v) is 18.9. The van der Waals surface area contributed by atoms with Gasteiger partial charge in [-0.2, -0.15) is 0 Å². The maximum Gasteiger partial charge on any atom is 0.514 e. The van der Waals surface area contributed by atoms with Crippen molar-refractivity contribution < 1.29 is 48.0 Å². The molecule has 2 aromatic carbocycles. The highest BCUT2D eigenvalue weighted by Crippen LogP contribution is 2.29. The highest BCUT2D eigenvalue weighted by atomic mass is 79.9. The maximum atomic E-state index is 13.6. The zero-order valence-electron chi connectivity index (χ0n) is 30.1. The Morgan fingerprint density at radius 2 is 1.55 bits per heavy atom. The SMILES string of the molecule is CC(C)[C@H](NC(=O)CCCCCN1C(=O)C(Br)=C(Br)C1=O)C(=O)C[C@@H](CCCNC(N)=O)C(=O)Nc1ccc(COC(=O)Oc2ccc([N+](=O)[O-])cc2)cc1. The average molecular weight is 895 g/mol. The number of nitrogens with one attached hydrogen (secondary N) is 3. The predicted octanol–water partition coefficient (Wildman–Crippen LogP) is 5.34. The zero-order valence-corrected chi connectivity index (χ0v) is 33.3. The van der Waals surface area contributed by atoms with Gasteiger partial charge in [0.05, 0.1) is 11.0 Å². The number of rotatable bonds is 21. The van der Waals surface area contributed by atoms with E-state index < -0.39 is 46.8 Å². The van der Waals surface area contributed by atoms with Gasteiger partial charge in [0.25, 0.3) is 17.5 Å². The Kier molecular flexibility index (Phi) is 17.4. The molecule has 0 saturated carbocycles. The monoisotopic (exact) mass is 892 g/mol. The van der Waals surface area contributed by atoms with E-state index >= 15 is 0 Å². The summed E-state index contributed by atoms with van der Waals surface area (Å²) >= 11 is 6.18. The fourth-order valence-electron chi connectivity index (χ4n) is 5.41. The Morgan fingerprint density at radius 1 is 0.909 bits per heavy atom. The number of nitrogens with zero attached hydrogens (tertiary/aromatic N) is 2. The molecule has 0 saturated heterocycles. The van der Waals surface area contributed by atoms with Crippen molar-refractivity contribution in [3.8, 4) is 5.75 Å². The lowest BCUT2D eigenvalue weighted by Crippen LogP contribution is -2.45. The number of urea groups is 1. The van der Waals surface area contributed by atoms with Crippen LogP contribution in [0.2, 0.25) is 0 Å². The number of nitro groups is 1. The van der Waals surface area contributed by atoms with Crippen molar-refractivity contribution in [1.29, 1.82) is 0 Å². The number of nitro benzene ring substituents is 1. The van der Waals surface area contributed by atoms with E-state index in [0.29, 0.717) is 36.9 Å². The molecule has 55 heavy (non-hydrogen) atoms. The van der Waals surface area contributed by atoms with E-state index in [4.69, 9.17) is 15.2 Å². The molecule has 2 atom stereocenters. The van der Waals surface area contributed by atoms with Gasteiger partial charge in [-0.3, -0.25) is 39.0 Å². The normalized spacial score (nSPS) is 13.7. The van der Waals surface area contributed by atoms with Crippen LogP contribution < -0.4 is 26.4 Å². The molecule has 1 aliphatic heterocycles. The summed E-state index contributed by atoms with van der Waals surface area (Å²) in [6.45, 7) is 3.79. The summed E-state index contributed by atoms with van der Waals surface area (Å²) < 4.78 is 10.5. The Balaban J connectivity index is 1.52. The number of Topliss-reactive ketones (excluding diaryl/α,β-unsaturated/α-hetero) is 1. The molecule has 1 heterocycles. The van der Waals surface area contributed by atoms with Crippen molar-refractivity contribution in [2.75, 3.05) is 18.4 Å². The average Bonchev–Trinajstić information content (AvgIpc) is 3.32. The summed E-state index contributed by atoms with van der Waals surface area (Å²) in [5, 5.41) is 18.8. The van der Waals surface area contributed by atoms with Crippen molar-refractivity contribution in [3.63, 3.8) is 0 Å². The van der Waals surface area contributed by atoms with Crippen LogP contribution in [0.5, 0.6) is 5.75 Å². The summed E-state index contributed by atoms with van der Waals surface area (Å²) in [7, 11) is 0. The summed E-state index contributed by atoms with van der Waals surface area (Å²) in [5.41, 5.74) is 5.96. The van der Waals surface area contributed by atoms with E-state index in [0.717, 1.165) is 4.90 Å². The van der Waals surface area contributed by atoms with Crippen LogP contribution in [0, 0.1) is 22.0 Å². The topological polar surface area (TPSA) is 246 Å². The minimum Gasteiger partial charge on any atom is -0.429 e. The summed E-state index contributed by atoms with van der Waals surface area (Å²) in [4.78, 5) is 98.8. The third kappa shape index (κ3) is 14.2. The minimum atomic E-state index is -1.02. The number of primary amides is 1. The molecule has 1 aliphatic rings. The van der Waals surface area contributed by atoms with Crippen LogP contribution in [0.15, 0.2) is 57.5 Å². The molecule has 296 valence electrons. The quantitative estimate of drug-likeness (QED) is 0.0311. The van der Waals surface area contributed by atoms with E-state index in [1.165, 1.54) is 24.3 Å². The molecule has 2 aromatic rings. The van der Waals surface area contributed by atoms with Crippen LogP contribution >= 0.6 is 31.9 Å². The number of imide groups is 1. The number of non-ortho nitro benzene ring substituents is 1. The van der Waals surface area contributed by atoms with Crippen molar-refractivity contribution in [2.24, 2.45) is 17.6 Å². The number of benzene rings is 2. The molecule has 0 spiro atoms. The first kappa shape index (κ1) is 44.2. The Hall–Kier alpha value is -5.17. The molecule has 0 radical (unpaired) electrons. The van der Waals surface area contributed by atoms with Gasteiger partial charge in [0.2, 0.25) is 11.8 Å². The number of unbranched alkanes of at least 4 members (excludes halogenated alkanes) is 2. The van der Waals surface area contributed by atoms with Gasteiger partial charge in [-0.05, 0) is 93.3 Å². The number of ether oxygens (including phenoxy) is 2. The second kappa shape index (κ2) is 21.7. The third-order valence-corrected chi connectivity index (χ3v) is 10.4.